The van der Waals surface area contributed by atoms with E-state index >= 15 is 0 Å². The fraction of sp³-hybridized carbons (Fsp3) is 0.241. The van der Waals surface area contributed by atoms with Gasteiger partial charge in [0.15, 0.2) is 0 Å². The zero-order valence-electron chi connectivity index (χ0n) is 20.9. The zero-order valence-corrected chi connectivity index (χ0v) is 21.7. The van der Waals surface area contributed by atoms with Crippen molar-refractivity contribution in [1.29, 1.82) is 0 Å². The van der Waals surface area contributed by atoms with Crippen LogP contribution in [0.5, 0.6) is 5.75 Å². The lowest BCUT2D eigenvalue weighted by molar-refractivity contribution is -0.136. The second-order valence-corrected chi connectivity index (χ2v) is 11.1. The third-order valence-corrected chi connectivity index (χ3v) is 8.67. The molecule has 0 saturated carbocycles. The minimum Gasteiger partial charge on any atom is -0.477 e. The van der Waals surface area contributed by atoms with Crippen LogP contribution in [0.4, 0.5) is 5.69 Å². The molecule has 8 nitrogen and oxygen atoms in total. The molecular formula is C29H28N2O6S. The van der Waals surface area contributed by atoms with E-state index in [9.17, 15) is 23.1 Å². The van der Waals surface area contributed by atoms with Crippen LogP contribution in [0.15, 0.2) is 83.8 Å². The number of para-hydroxylation sites is 1. The standard InChI is InChI=1S/C29H28N2O6S/c1-2-25(20-9-11-22(12-10-20)30-17-5-6-18-30)29(34)37-23-13-15-24(16-14-23)38(35,36)31-26-8-4-3-7-21(26)19-27(31)28(32)33/h3-4,7-16,19,25H,2,5-6,17-18H2,1H3,(H,32,33). The molecule has 5 rings (SSSR count). The van der Waals surface area contributed by atoms with Crippen molar-refractivity contribution in [2.75, 3.05) is 18.0 Å². The molecule has 0 spiro atoms. The second kappa shape index (κ2) is 10.3. The lowest BCUT2D eigenvalue weighted by atomic mass is 9.96. The summed E-state index contributed by atoms with van der Waals surface area (Å²) in [4.78, 5) is 27.0. The molecule has 1 N–H and O–H groups in total. The third kappa shape index (κ3) is 4.77. The van der Waals surface area contributed by atoms with Crippen molar-refractivity contribution in [2.45, 2.75) is 37.0 Å². The van der Waals surface area contributed by atoms with Crippen LogP contribution in [0.25, 0.3) is 10.9 Å². The van der Waals surface area contributed by atoms with Crippen LogP contribution in [0.1, 0.15) is 48.2 Å². The number of carboxylic acids is 1. The molecule has 1 atom stereocenters. The van der Waals surface area contributed by atoms with E-state index in [-0.39, 0.29) is 21.9 Å². The van der Waals surface area contributed by atoms with Crippen LogP contribution in [-0.4, -0.2) is 42.5 Å². The number of rotatable bonds is 8. The highest BCUT2D eigenvalue weighted by Crippen LogP contribution is 2.29. The summed E-state index contributed by atoms with van der Waals surface area (Å²) in [5.74, 6) is -2.04. The Morgan fingerprint density at radius 2 is 1.61 bits per heavy atom. The molecule has 1 unspecified atom stereocenters. The number of nitrogens with zero attached hydrogens (tertiary/aromatic N) is 2. The molecule has 1 aliphatic rings. The van der Waals surface area contributed by atoms with E-state index in [1.165, 1.54) is 43.2 Å². The average Bonchev–Trinajstić information content (AvgIpc) is 3.59. The molecule has 4 aromatic rings. The number of carbonyl (C=O) groups is 2. The van der Waals surface area contributed by atoms with Gasteiger partial charge >= 0.3 is 11.9 Å². The van der Waals surface area contributed by atoms with Crippen molar-refractivity contribution in [1.82, 2.24) is 3.97 Å². The lowest BCUT2D eigenvalue weighted by Gasteiger charge is -2.19. The highest BCUT2D eigenvalue weighted by Gasteiger charge is 2.27. The van der Waals surface area contributed by atoms with Gasteiger partial charge in [0.2, 0.25) is 0 Å². The fourth-order valence-corrected chi connectivity index (χ4v) is 6.45. The van der Waals surface area contributed by atoms with Gasteiger partial charge in [-0.2, -0.15) is 0 Å². The van der Waals surface area contributed by atoms with Gasteiger partial charge in [-0.05, 0) is 73.4 Å². The predicted octanol–water partition coefficient (Wildman–Crippen LogP) is 5.28. The first-order valence-corrected chi connectivity index (χ1v) is 14.0. The predicted molar refractivity (Wildman–Crippen MR) is 144 cm³/mol. The number of aromatic carboxylic acids is 1. The minimum atomic E-state index is -4.23. The Kier molecular flexibility index (Phi) is 6.94. The Morgan fingerprint density at radius 3 is 2.24 bits per heavy atom. The van der Waals surface area contributed by atoms with Crippen molar-refractivity contribution >= 4 is 38.6 Å². The number of carbonyl (C=O) groups excluding carboxylic acids is 1. The number of hydrogen-bond donors (Lipinski definition) is 1. The van der Waals surface area contributed by atoms with E-state index in [2.05, 4.69) is 4.90 Å². The van der Waals surface area contributed by atoms with Crippen LogP contribution in [0.2, 0.25) is 0 Å². The third-order valence-electron chi connectivity index (χ3n) is 6.93. The number of hydrogen-bond acceptors (Lipinski definition) is 6. The minimum absolute atomic E-state index is 0.120. The number of esters is 1. The summed E-state index contributed by atoms with van der Waals surface area (Å²) in [7, 11) is -4.23. The van der Waals surface area contributed by atoms with Gasteiger partial charge in [-0.25, -0.2) is 17.2 Å². The van der Waals surface area contributed by atoms with Gasteiger partial charge in [0.25, 0.3) is 10.0 Å². The Balaban J connectivity index is 1.35. The van der Waals surface area contributed by atoms with Crippen LogP contribution < -0.4 is 9.64 Å². The molecule has 9 heteroatoms. The largest absolute Gasteiger partial charge is 0.477 e. The summed E-state index contributed by atoms with van der Waals surface area (Å²) in [6.45, 7) is 4.00. The fourth-order valence-electron chi connectivity index (χ4n) is 4.94. The first kappa shape index (κ1) is 25.5. The summed E-state index contributed by atoms with van der Waals surface area (Å²) >= 11 is 0. The number of ether oxygens (including phenoxy) is 1. The molecular weight excluding hydrogens is 504 g/mol. The maximum absolute atomic E-state index is 13.4. The van der Waals surface area contributed by atoms with Gasteiger partial charge in [0.05, 0.1) is 16.3 Å². The summed E-state index contributed by atoms with van der Waals surface area (Å²) in [6.07, 6.45) is 2.93. The number of anilines is 1. The first-order chi connectivity index (χ1) is 18.3. The van der Waals surface area contributed by atoms with Crippen molar-refractivity contribution in [3.8, 4) is 5.75 Å². The normalized spacial score (nSPS) is 14.5. The van der Waals surface area contributed by atoms with Crippen LogP contribution >= 0.6 is 0 Å². The topological polar surface area (TPSA) is 106 Å². The van der Waals surface area contributed by atoms with E-state index in [0.29, 0.717) is 11.8 Å². The van der Waals surface area contributed by atoms with E-state index in [0.717, 1.165) is 28.3 Å². The number of carboxylic acid groups (broad SMARTS) is 1. The monoisotopic (exact) mass is 532 g/mol. The number of benzene rings is 3. The average molecular weight is 533 g/mol. The van der Waals surface area contributed by atoms with Gasteiger partial charge in [0.1, 0.15) is 11.4 Å². The van der Waals surface area contributed by atoms with Gasteiger partial charge in [-0.3, -0.25) is 4.79 Å². The van der Waals surface area contributed by atoms with Gasteiger partial charge in [0, 0.05) is 24.2 Å². The molecule has 1 saturated heterocycles. The summed E-state index contributed by atoms with van der Waals surface area (Å²) in [5, 5.41) is 10.1. The van der Waals surface area contributed by atoms with E-state index in [1.54, 1.807) is 24.3 Å². The van der Waals surface area contributed by atoms with Gasteiger partial charge in [-0.1, -0.05) is 37.3 Å². The van der Waals surface area contributed by atoms with Crippen LogP contribution in [0.3, 0.4) is 0 Å². The van der Waals surface area contributed by atoms with Crippen molar-refractivity contribution in [3.05, 3.63) is 90.1 Å². The van der Waals surface area contributed by atoms with E-state index in [1.807, 2.05) is 31.2 Å². The van der Waals surface area contributed by atoms with Crippen molar-refractivity contribution in [2.24, 2.45) is 0 Å². The maximum Gasteiger partial charge on any atom is 0.353 e. The lowest BCUT2D eigenvalue weighted by Crippen LogP contribution is -2.20. The van der Waals surface area contributed by atoms with E-state index < -0.39 is 27.9 Å². The highest BCUT2D eigenvalue weighted by molar-refractivity contribution is 7.90. The molecule has 1 aliphatic heterocycles. The molecule has 0 aliphatic carbocycles. The zero-order chi connectivity index (χ0) is 26.9. The molecule has 0 radical (unpaired) electrons. The highest BCUT2D eigenvalue weighted by atomic mass is 32.2. The quantitative estimate of drug-likeness (QED) is 0.243. The summed E-state index contributed by atoms with van der Waals surface area (Å²) in [6, 6.07) is 21.3. The Bertz CT molecular complexity index is 1580. The molecule has 3 aromatic carbocycles. The Labute approximate surface area is 221 Å². The van der Waals surface area contributed by atoms with Gasteiger partial charge < -0.3 is 14.7 Å². The van der Waals surface area contributed by atoms with Crippen molar-refractivity contribution < 1.29 is 27.9 Å². The molecule has 196 valence electrons. The second-order valence-electron chi connectivity index (χ2n) is 9.30. The molecule has 0 bridgehead atoms. The SMILES string of the molecule is CCC(C(=O)Oc1ccc(S(=O)(=O)n2c(C(=O)O)cc3ccccc32)cc1)c1ccc(N2CCCC2)cc1. The maximum atomic E-state index is 13.4. The smallest absolute Gasteiger partial charge is 0.353 e. The molecule has 0 amide bonds. The van der Waals surface area contributed by atoms with Crippen molar-refractivity contribution in [3.63, 3.8) is 0 Å². The number of fused-ring (bicyclic) bond motifs is 1. The molecule has 38 heavy (non-hydrogen) atoms. The molecule has 2 heterocycles. The number of aromatic nitrogens is 1. The van der Waals surface area contributed by atoms with E-state index in [4.69, 9.17) is 4.74 Å². The Hall–Kier alpha value is -4.11. The van der Waals surface area contributed by atoms with Gasteiger partial charge in [-0.15, -0.1) is 0 Å². The molecule has 1 aromatic heterocycles. The molecule has 1 fully saturated rings. The Morgan fingerprint density at radius 1 is 0.947 bits per heavy atom. The first-order valence-electron chi connectivity index (χ1n) is 12.6. The summed E-state index contributed by atoms with van der Waals surface area (Å²) in [5.41, 5.74) is 1.92. The summed E-state index contributed by atoms with van der Waals surface area (Å²) < 4.78 is 33.3. The van der Waals surface area contributed by atoms with Crippen LogP contribution in [-0.2, 0) is 14.8 Å². The van der Waals surface area contributed by atoms with Crippen LogP contribution in [0, 0.1) is 0 Å².